The van der Waals surface area contributed by atoms with Crippen molar-refractivity contribution in [3.63, 3.8) is 0 Å². The van der Waals surface area contributed by atoms with Crippen LogP contribution in [0.2, 0.25) is 5.02 Å². The third kappa shape index (κ3) is 4.95. The Balaban J connectivity index is 1.68. The number of allylic oxidation sites excluding steroid dienone is 3. The van der Waals surface area contributed by atoms with Crippen molar-refractivity contribution in [3.8, 4) is 11.4 Å². The lowest BCUT2D eigenvalue weighted by Gasteiger charge is -2.16. The molecule has 1 amide bonds. The van der Waals surface area contributed by atoms with Crippen LogP contribution in [0.25, 0.3) is 17.0 Å². The van der Waals surface area contributed by atoms with E-state index >= 15 is 0 Å². The van der Waals surface area contributed by atoms with Gasteiger partial charge in [-0.3, -0.25) is 9.78 Å². The van der Waals surface area contributed by atoms with E-state index in [2.05, 4.69) is 37.5 Å². The van der Waals surface area contributed by atoms with Crippen LogP contribution in [0, 0.1) is 0 Å². The molecule has 1 aromatic carbocycles. The minimum atomic E-state index is -0.648. The average Bonchev–Trinajstić information content (AvgIpc) is 3.50. The topological polar surface area (TPSA) is 115 Å². The second-order valence-corrected chi connectivity index (χ2v) is 8.50. The quantitative estimate of drug-likeness (QED) is 0.329. The van der Waals surface area contributed by atoms with Crippen molar-refractivity contribution in [2.75, 3.05) is 19.5 Å². The molecule has 1 aliphatic carbocycles. The Hall–Kier alpha value is -3.98. The van der Waals surface area contributed by atoms with E-state index in [0.29, 0.717) is 39.3 Å². The number of aromatic amines is 1. The molecule has 9 nitrogen and oxygen atoms in total. The van der Waals surface area contributed by atoms with Gasteiger partial charge in [-0.05, 0) is 72.5 Å². The number of H-pyrrole nitrogens is 1. The SMILES string of the molecule is C=C/C(OC)=C(\C=C(/C)c1ccc(NC(=O)C2(c3ccc(Cl)cn3)CC2)cc1-c1nn[nH]n1)OC. The van der Waals surface area contributed by atoms with Crippen molar-refractivity contribution >= 4 is 28.8 Å². The van der Waals surface area contributed by atoms with Gasteiger partial charge >= 0.3 is 0 Å². The molecular weight excluding hydrogens is 468 g/mol. The molecule has 0 saturated heterocycles. The number of halogens is 1. The molecular formula is C25H25ClN6O3. The number of benzene rings is 1. The molecule has 4 rings (SSSR count). The molecule has 10 heteroatoms. The highest BCUT2D eigenvalue weighted by Crippen LogP contribution is 2.48. The summed E-state index contributed by atoms with van der Waals surface area (Å²) in [6.07, 6.45) is 6.42. The van der Waals surface area contributed by atoms with Gasteiger partial charge in [-0.25, -0.2) is 0 Å². The highest BCUT2D eigenvalue weighted by molar-refractivity contribution is 6.30. The van der Waals surface area contributed by atoms with Gasteiger partial charge in [0.15, 0.2) is 11.5 Å². The Morgan fingerprint density at radius 3 is 2.54 bits per heavy atom. The van der Waals surface area contributed by atoms with Gasteiger partial charge in [-0.2, -0.15) is 5.21 Å². The van der Waals surface area contributed by atoms with E-state index in [1.165, 1.54) is 0 Å². The van der Waals surface area contributed by atoms with E-state index in [-0.39, 0.29) is 5.91 Å². The molecule has 180 valence electrons. The average molecular weight is 493 g/mol. The molecule has 0 radical (unpaired) electrons. The van der Waals surface area contributed by atoms with Crippen LogP contribution in [0.4, 0.5) is 5.69 Å². The zero-order valence-electron chi connectivity index (χ0n) is 19.6. The molecule has 2 aromatic heterocycles. The molecule has 0 aliphatic heterocycles. The number of ether oxygens (including phenoxy) is 2. The molecule has 1 fully saturated rings. The number of pyridine rings is 1. The van der Waals surface area contributed by atoms with Crippen molar-refractivity contribution in [3.05, 3.63) is 83.1 Å². The van der Waals surface area contributed by atoms with Crippen LogP contribution < -0.4 is 5.32 Å². The molecule has 2 heterocycles. The third-order valence-corrected chi connectivity index (χ3v) is 6.13. The summed E-state index contributed by atoms with van der Waals surface area (Å²) in [6, 6.07) is 9.10. The van der Waals surface area contributed by atoms with Crippen LogP contribution in [-0.2, 0) is 19.7 Å². The van der Waals surface area contributed by atoms with Crippen LogP contribution in [0.1, 0.15) is 31.0 Å². The number of hydrogen-bond acceptors (Lipinski definition) is 7. The molecule has 35 heavy (non-hydrogen) atoms. The van der Waals surface area contributed by atoms with Gasteiger partial charge in [0.05, 0.1) is 30.4 Å². The number of carbonyl (C=O) groups excluding carboxylic acids is 1. The van der Waals surface area contributed by atoms with Crippen LogP contribution in [0.3, 0.4) is 0 Å². The fourth-order valence-electron chi connectivity index (χ4n) is 3.85. The summed E-state index contributed by atoms with van der Waals surface area (Å²) >= 11 is 5.96. The number of methoxy groups -OCH3 is 2. The Morgan fingerprint density at radius 2 is 1.97 bits per heavy atom. The van der Waals surface area contributed by atoms with E-state index in [1.54, 1.807) is 38.6 Å². The van der Waals surface area contributed by atoms with Crippen molar-refractivity contribution < 1.29 is 14.3 Å². The molecule has 0 spiro atoms. The summed E-state index contributed by atoms with van der Waals surface area (Å²) in [5.41, 5.74) is 3.05. The predicted molar refractivity (Wildman–Crippen MR) is 133 cm³/mol. The number of carbonyl (C=O) groups is 1. The van der Waals surface area contributed by atoms with Crippen LogP contribution in [-0.4, -0.2) is 45.7 Å². The number of aromatic nitrogens is 5. The van der Waals surface area contributed by atoms with Crippen molar-refractivity contribution in [2.45, 2.75) is 25.2 Å². The number of nitrogens with one attached hydrogen (secondary N) is 2. The third-order valence-electron chi connectivity index (χ3n) is 5.91. The lowest BCUT2D eigenvalue weighted by Crippen LogP contribution is -2.28. The van der Waals surface area contributed by atoms with Gasteiger partial charge in [-0.1, -0.05) is 24.2 Å². The number of nitrogens with zero attached hydrogens (tertiary/aromatic N) is 4. The van der Waals surface area contributed by atoms with Gasteiger partial charge < -0.3 is 14.8 Å². The molecule has 2 N–H and O–H groups in total. The zero-order valence-corrected chi connectivity index (χ0v) is 20.4. The fraction of sp³-hybridized carbons (Fsp3) is 0.240. The normalized spacial score (nSPS) is 15.1. The smallest absolute Gasteiger partial charge is 0.236 e. The summed E-state index contributed by atoms with van der Waals surface area (Å²) in [4.78, 5) is 17.6. The van der Waals surface area contributed by atoms with Crippen LogP contribution >= 0.6 is 11.6 Å². The summed E-state index contributed by atoms with van der Waals surface area (Å²) in [5.74, 6) is 1.29. The van der Waals surface area contributed by atoms with Crippen LogP contribution in [0.15, 0.2) is 66.8 Å². The van der Waals surface area contributed by atoms with Crippen molar-refractivity contribution in [1.29, 1.82) is 0 Å². The predicted octanol–water partition coefficient (Wildman–Crippen LogP) is 4.68. The summed E-state index contributed by atoms with van der Waals surface area (Å²) < 4.78 is 10.8. The van der Waals surface area contributed by atoms with Crippen molar-refractivity contribution in [1.82, 2.24) is 25.6 Å². The van der Waals surface area contributed by atoms with E-state index < -0.39 is 5.41 Å². The minimum absolute atomic E-state index is 0.119. The largest absolute Gasteiger partial charge is 0.493 e. The van der Waals surface area contributed by atoms with Crippen molar-refractivity contribution in [2.24, 2.45) is 0 Å². The highest BCUT2D eigenvalue weighted by Gasteiger charge is 2.52. The monoisotopic (exact) mass is 492 g/mol. The van der Waals surface area contributed by atoms with E-state index in [1.807, 2.05) is 31.2 Å². The summed E-state index contributed by atoms with van der Waals surface area (Å²) in [7, 11) is 3.11. The van der Waals surface area contributed by atoms with E-state index in [9.17, 15) is 4.79 Å². The minimum Gasteiger partial charge on any atom is -0.493 e. The van der Waals surface area contributed by atoms with E-state index in [0.717, 1.165) is 24.0 Å². The first-order valence-corrected chi connectivity index (χ1v) is 11.2. The van der Waals surface area contributed by atoms with Gasteiger partial charge in [0, 0.05) is 17.4 Å². The van der Waals surface area contributed by atoms with Gasteiger partial charge in [0.25, 0.3) is 0 Å². The van der Waals surface area contributed by atoms with Gasteiger partial charge in [0.2, 0.25) is 11.7 Å². The maximum atomic E-state index is 13.2. The molecule has 0 unspecified atom stereocenters. The second-order valence-electron chi connectivity index (χ2n) is 8.06. The Labute approximate surface area is 207 Å². The first-order valence-electron chi connectivity index (χ1n) is 10.9. The first kappa shape index (κ1) is 24.2. The number of hydrogen-bond donors (Lipinski definition) is 2. The highest BCUT2D eigenvalue weighted by atomic mass is 35.5. The maximum absolute atomic E-state index is 13.2. The Kier molecular flexibility index (Phi) is 6.97. The standard InChI is InChI=1S/C25H25ClN6O3/c1-5-20(34-3)21(35-4)12-15(2)18-8-7-17(13-19(18)23-29-31-32-30-23)28-24(33)25(10-11-25)22-9-6-16(26)14-27-22/h5-9,12-14H,1,10-11H2,2-4H3,(H,28,33)(H,29,30,31,32)/b15-12+,21-20-. The molecule has 1 saturated carbocycles. The lowest BCUT2D eigenvalue weighted by molar-refractivity contribution is -0.118. The Bertz CT molecular complexity index is 1300. The maximum Gasteiger partial charge on any atom is 0.236 e. The van der Waals surface area contributed by atoms with E-state index in [4.69, 9.17) is 21.1 Å². The summed E-state index contributed by atoms with van der Waals surface area (Å²) in [6.45, 7) is 5.68. The number of anilines is 1. The number of amides is 1. The second kappa shape index (κ2) is 10.1. The zero-order chi connectivity index (χ0) is 25.0. The van der Waals surface area contributed by atoms with Crippen LogP contribution in [0.5, 0.6) is 0 Å². The molecule has 0 atom stereocenters. The molecule has 1 aliphatic rings. The van der Waals surface area contributed by atoms with Gasteiger partial charge in [-0.15, -0.1) is 10.2 Å². The fourth-order valence-corrected chi connectivity index (χ4v) is 3.96. The Morgan fingerprint density at radius 1 is 1.20 bits per heavy atom. The number of rotatable bonds is 9. The molecule has 3 aromatic rings. The first-order chi connectivity index (χ1) is 16.9. The summed E-state index contributed by atoms with van der Waals surface area (Å²) in [5, 5.41) is 18.0. The lowest BCUT2D eigenvalue weighted by atomic mass is 9.97. The molecule has 0 bridgehead atoms. The van der Waals surface area contributed by atoms with Gasteiger partial charge in [0.1, 0.15) is 0 Å². The number of tetrazole rings is 1.